The van der Waals surface area contributed by atoms with Crippen LogP contribution in [0.15, 0.2) is 59.4 Å². The smallest absolute Gasteiger partial charge is 0.330 e. The van der Waals surface area contributed by atoms with Gasteiger partial charge in [-0.25, -0.2) is 9.18 Å². The third-order valence-corrected chi connectivity index (χ3v) is 5.06. The first-order valence-electron chi connectivity index (χ1n) is 10.3. The quantitative estimate of drug-likeness (QED) is 0.417. The molecule has 0 unspecified atom stereocenters. The molecular formula is C25H25FN2O4. The predicted octanol–water partition coefficient (Wildman–Crippen LogP) is 3.86. The molecule has 1 heterocycles. The van der Waals surface area contributed by atoms with Gasteiger partial charge in [0.2, 0.25) is 5.91 Å². The molecule has 0 N–H and O–H groups in total. The summed E-state index contributed by atoms with van der Waals surface area (Å²) in [6.45, 7) is 2.08. The molecule has 0 fully saturated rings. The van der Waals surface area contributed by atoms with E-state index in [0.717, 1.165) is 0 Å². The van der Waals surface area contributed by atoms with Crippen LogP contribution < -0.4 is 5.56 Å². The molecule has 0 saturated heterocycles. The van der Waals surface area contributed by atoms with E-state index in [9.17, 15) is 18.8 Å². The first kappa shape index (κ1) is 22.9. The summed E-state index contributed by atoms with van der Waals surface area (Å²) in [4.78, 5) is 39.1. The Bertz CT molecular complexity index is 1230. The Labute approximate surface area is 185 Å². The Kier molecular flexibility index (Phi) is 7.20. The van der Waals surface area contributed by atoms with Crippen molar-refractivity contribution in [3.8, 4) is 11.3 Å². The Hall–Kier alpha value is -3.74. The normalized spacial score (nSPS) is 11.1. The average molecular weight is 436 g/mol. The van der Waals surface area contributed by atoms with E-state index in [2.05, 4.69) is 0 Å². The predicted molar refractivity (Wildman–Crippen MR) is 123 cm³/mol. The van der Waals surface area contributed by atoms with E-state index in [4.69, 9.17) is 4.74 Å². The van der Waals surface area contributed by atoms with E-state index in [1.165, 1.54) is 27.7 Å². The fourth-order valence-corrected chi connectivity index (χ4v) is 3.50. The van der Waals surface area contributed by atoms with E-state index in [-0.39, 0.29) is 31.0 Å². The van der Waals surface area contributed by atoms with Gasteiger partial charge in [0.25, 0.3) is 5.56 Å². The van der Waals surface area contributed by atoms with Crippen molar-refractivity contribution in [2.75, 3.05) is 20.7 Å². The zero-order valence-corrected chi connectivity index (χ0v) is 18.3. The van der Waals surface area contributed by atoms with Crippen molar-refractivity contribution in [3.05, 3.63) is 76.3 Å². The van der Waals surface area contributed by atoms with Crippen molar-refractivity contribution in [3.63, 3.8) is 0 Å². The lowest BCUT2D eigenvalue weighted by molar-refractivity contribution is -0.137. The SMILES string of the molecule is CCOC(=O)/C=C/c1c(-c2ccc(F)cc2)n(CCC(=O)N(C)C)c(=O)c2ccccc12. The van der Waals surface area contributed by atoms with Crippen molar-refractivity contribution >= 4 is 28.7 Å². The maximum atomic E-state index is 13.6. The summed E-state index contributed by atoms with van der Waals surface area (Å²) in [6, 6.07) is 12.8. The Balaban J connectivity index is 2.31. The molecule has 0 radical (unpaired) electrons. The van der Waals surface area contributed by atoms with Gasteiger partial charge in [0, 0.05) is 44.1 Å². The minimum Gasteiger partial charge on any atom is -0.463 e. The average Bonchev–Trinajstić information content (AvgIpc) is 2.78. The Morgan fingerprint density at radius 3 is 2.34 bits per heavy atom. The summed E-state index contributed by atoms with van der Waals surface area (Å²) >= 11 is 0. The third-order valence-electron chi connectivity index (χ3n) is 5.06. The number of nitrogens with zero attached hydrogens (tertiary/aromatic N) is 2. The number of benzene rings is 2. The number of fused-ring (bicyclic) bond motifs is 1. The number of halogens is 1. The van der Waals surface area contributed by atoms with Gasteiger partial charge in [0.05, 0.1) is 12.3 Å². The van der Waals surface area contributed by atoms with E-state index in [1.54, 1.807) is 63.5 Å². The lowest BCUT2D eigenvalue weighted by Gasteiger charge is -2.19. The van der Waals surface area contributed by atoms with E-state index in [0.29, 0.717) is 27.6 Å². The number of ether oxygens (including phenoxy) is 1. The van der Waals surface area contributed by atoms with Gasteiger partial charge in [0.15, 0.2) is 0 Å². The fourth-order valence-electron chi connectivity index (χ4n) is 3.50. The molecule has 32 heavy (non-hydrogen) atoms. The zero-order valence-electron chi connectivity index (χ0n) is 18.3. The summed E-state index contributed by atoms with van der Waals surface area (Å²) in [6.07, 6.45) is 3.02. The van der Waals surface area contributed by atoms with Crippen LogP contribution in [0.1, 0.15) is 18.9 Å². The van der Waals surface area contributed by atoms with Crippen LogP contribution in [0.2, 0.25) is 0 Å². The van der Waals surface area contributed by atoms with Crippen molar-refractivity contribution in [1.29, 1.82) is 0 Å². The molecular weight excluding hydrogens is 411 g/mol. The molecule has 3 rings (SSSR count). The maximum Gasteiger partial charge on any atom is 0.330 e. The van der Waals surface area contributed by atoms with Crippen LogP contribution in [-0.2, 0) is 20.9 Å². The number of pyridine rings is 1. The van der Waals surface area contributed by atoms with Crippen molar-refractivity contribution in [2.24, 2.45) is 0 Å². The summed E-state index contributed by atoms with van der Waals surface area (Å²) in [7, 11) is 3.31. The first-order chi connectivity index (χ1) is 15.3. The molecule has 0 bridgehead atoms. The van der Waals surface area contributed by atoms with Crippen LogP contribution in [0.5, 0.6) is 0 Å². The van der Waals surface area contributed by atoms with E-state index < -0.39 is 11.8 Å². The summed E-state index contributed by atoms with van der Waals surface area (Å²) in [5.41, 5.74) is 1.44. The number of rotatable bonds is 7. The molecule has 0 aliphatic heterocycles. The standard InChI is InChI=1S/C25H25FN2O4/c1-4-32-23(30)14-13-20-19-7-5-6-8-21(19)25(31)28(16-15-22(29)27(2)3)24(20)17-9-11-18(26)12-10-17/h5-14H,4,15-16H2,1-3H3/b14-13+. The highest BCUT2D eigenvalue weighted by Crippen LogP contribution is 2.30. The number of hydrogen-bond donors (Lipinski definition) is 0. The second kappa shape index (κ2) is 10.0. The second-order valence-corrected chi connectivity index (χ2v) is 7.40. The second-order valence-electron chi connectivity index (χ2n) is 7.40. The van der Waals surface area contributed by atoms with Crippen LogP contribution >= 0.6 is 0 Å². The molecule has 0 aliphatic rings. The van der Waals surface area contributed by atoms with Crippen LogP contribution in [0, 0.1) is 5.82 Å². The van der Waals surface area contributed by atoms with E-state index in [1.807, 2.05) is 0 Å². The highest BCUT2D eigenvalue weighted by molar-refractivity contribution is 5.99. The molecule has 0 atom stereocenters. The topological polar surface area (TPSA) is 68.6 Å². The highest BCUT2D eigenvalue weighted by Gasteiger charge is 2.18. The van der Waals surface area contributed by atoms with Gasteiger partial charge in [-0.2, -0.15) is 0 Å². The van der Waals surface area contributed by atoms with Crippen molar-refractivity contribution < 1.29 is 18.7 Å². The lowest BCUT2D eigenvalue weighted by atomic mass is 9.98. The molecule has 0 aliphatic carbocycles. The van der Waals surface area contributed by atoms with Gasteiger partial charge in [-0.15, -0.1) is 0 Å². The molecule has 1 amide bonds. The zero-order chi connectivity index (χ0) is 23.3. The minimum atomic E-state index is -0.512. The maximum absolute atomic E-state index is 13.6. The third kappa shape index (κ3) is 4.94. The lowest BCUT2D eigenvalue weighted by Crippen LogP contribution is -2.28. The highest BCUT2D eigenvalue weighted by atomic mass is 19.1. The van der Waals surface area contributed by atoms with Crippen LogP contribution in [0.25, 0.3) is 28.1 Å². The Morgan fingerprint density at radius 1 is 1.06 bits per heavy atom. The van der Waals surface area contributed by atoms with Crippen LogP contribution in [0.3, 0.4) is 0 Å². The monoisotopic (exact) mass is 436 g/mol. The van der Waals surface area contributed by atoms with Gasteiger partial charge in [-0.05, 0) is 54.3 Å². The molecule has 7 heteroatoms. The van der Waals surface area contributed by atoms with Gasteiger partial charge >= 0.3 is 5.97 Å². The molecule has 166 valence electrons. The van der Waals surface area contributed by atoms with Gasteiger partial charge < -0.3 is 14.2 Å². The number of amides is 1. The van der Waals surface area contributed by atoms with Crippen LogP contribution in [-0.4, -0.2) is 42.0 Å². The van der Waals surface area contributed by atoms with Gasteiger partial charge in [-0.1, -0.05) is 18.2 Å². The van der Waals surface area contributed by atoms with Crippen LogP contribution in [0.4, 0.5) is 4.39 Å². The number of aromatic nitrogens is 1. The molecule has 1 aromatic heterocycles. The first-order valence-corrected chi connectivity index (χ1v) is 10.3. The summed E-state index contributed by atoms with van der Waals surface area (Å²) in [5.74, 6) is -1.05. The summed E-state index contributed by atoms with van der Waals surface area (Å²) in [5, 5.41) is 1.10. The van der Waals surface area contributed by atoms with Crippen molar-refractivity contribution in [1.82, 2.24) is 9.47 Å². The number of carbonyl (C=O) groups is 2. The molecule has 3 aromatic rings. The van der Waals surface area contributed by atoms with Crippen molar-refractivity contribution in [2.45, 2.75) is 19.9 Å². The number of carbonyl (C=O) groups excluding carboxylic acids is 2. The fraction of sp³-hybridized carbons (Fsp3) is 0.240. The molecule has 0 spiro atoms. The molecule has 6 nitrogen and oxygen atoms in total. The summed E-state index contributed by atoms with van der Waals surface area (Å²) < 4.78 is 20.1. The molecule has 0 saturated carbocycles. The largest absolute Gasteiger partial charge is 0.463 e. The minimum absolute atomic E-state index is 0.112. The Morgan fingerprint density at radius 2 is 1.72 bits per heavy atom. The van der Waals surface area contributed by atoms with Gasteiger partial charge in [0.1, 0.15) is 5.82 Å². The molecule has 2 aromatic carbocycles. The van der Waals surface area contributed by atoms with E-state index >= 15 is 0 Å². The van der Waals surface area contributed by atoms with Gasteiger partial charge in [-0.3, -0.25) is 9.59 Å². The number of hydrogen-bond acceptors (Lipinski definition) is 4. The number of esters is 1.